The number of carbonyl (C=O) groups is 6. The predicted octanol–water partition coefficient (Wildman–Crippen LogP) is 9.12. The van der Waals surface area contributed by atoms with Gasteiger partial charge >= 0.3 is 35.8 Å². The maximum atomic E-state index is 11.7. The molecule has 0 bridgehead atoms. The number of hydrogen-bond acceptors (Lipinski definition) is 12. The molecule has 0 amide bonds. The maximum absolute atomic E-state index is 11.7. The fraction of sp³-hybridized carbons (Fsp3) is 0.857. The standard InChI is InChI=1S/2C15H28O4.C12H22O4/c1-9-14(5,6)12(17)18-10-11(16)19-15(7,8)13(2,3)4;1-7-14(3,4)13(17)18-11-9-10-12(16)19-15(5,6)8-2;1-7-12(5,6)10(14)15-8-9(13)16-11(2,3)4/h9-10H2,1-8H3;7-11H2,1-6H3;7-8H2,1-6H3. The van der Waals surface area contributed by atoms with Gasteiger partial charge in [-0.15, -0.1) is 0 Å². The molecule has 12 nitrogen and oxygen atoms in total. The van der Waals surface area contributed by atoms with E-state index in [4.69, 9.17) is 28.4 Å². The summed E-state index contributed by atoms with van der Waals surface area (Å²) in [5.41, 5.74) is -3.35. The van der Waals surface area contributed by atoms with Gasteiger partial charge in [-0.05, 0) is 122 Å². The Hall–Kier alpha value is -3.18. The van der Waals surface area contributed by atoms with Crippen molar-refractivity contribution >= 4 is 35.8 Å². The Morgan fingerprint density at radius 3 is 1.09 bits per heavy atom. The van der Waals surface area contributed by atoms with Crippen LogP contribution in [0.3, 0.4) is 0 Å². The molecule has 54 heavy (non-hydrogen) atoms. The van der Waals surface area contributed by atoms with Crippen molar-refractivity contribution in [3.63, 3.8) is 0 Å². The minimum Gasteiger partial charge on any atom is -0.465 e. The van der Waals surface area contributed by atoms with E-state index in [0.717, 1.165) is 12.8 Å². The maximum Gasteiger partial charge on any atom is 0.344 e. The fourth-order valence-corrected chi connectivity index (χ4v) is 2.92. The fourth-order valence-electron chi connectivity index (χ4n) is 2.92. The average Bonchev–Trinajstić information content (AvgIpc) is 3.03. The van der Waals surface area contributed by atoms with E-state index in [-0.39, 0.29) is 55.5 Å². The third-order valence-electron chi connectivity index (χ3n) is 9.55. The summed E-state index contributed by atoms with van der Waals surface area (Å²) in [5.74, 6) is -2.23. The molecule has 318 valence electrons. The van der Waals surface area contributed by atoms with Gasteiger partial charge in [-0.2, -0.15) is 0 Å². The molecule has 0 unspecified atom stereocenters. The van der Waals surface area contributed by atoms with Gasteiger partial charge in [0, 0.05) is 11.8 Å². The summed E-state index contributed by atoms with van der Waals surface area (Å²) in [6.07, 6.45) is 3.62. The Bertz CT molecular complexity index is 1190. The second-order valence-electron chi connectivity index (χ2n) is 18.5. The topological polar surface area (TPSA) is 158 Å². The van der Waals surface area contributed by atoms with Crippen LogP contribution < -0.4 is 0 Å². The van der Waals surface area contributed by atoms with Crippen LogP contribution in [0.15, 0.2) is 0 Å². The molecule has 0 radical (unpaired) electrons. The highest BCUT2D eigenvalue weighted by molar-refractivity contribution is 5.80. The minimum absolute atomic E-state index is 0.185. The van der Waals surface area contributed by atoms with Gasteiger partial charge in [-0.1, -0.05) is 48.5 Å². The van der Waals surface area contributed by atoms with Gasteiger partial charge in [0.1, 0.15) is 16.8 Å². The number of ether oxygens (including phenoxy) is 6. The van der Waals surface area contributed by atoms with E-state index < -0.39 is 45.0 Å². The molecule has 0 heterocycles. The zero-order chi connectivity index (χ0) is 43.6. The van der Waals surface area contributed by atoms with E-state index in [2.05, 4.69) is 0 Å². The van der Waals surface area contributed by atoms with Gasteiger partial charge in [-0.3, -0.25) is 19.2 Å². The zero-order valence-electron chi connectivity index (χ0n) is 37.8. The van der Waals surface area contributed by atoms with Crippen LogP contribution >= 0.6 is 0 Å². The summed E-state index contributed by atoms with van der Waals surface area (Å²) in [4.78, 5) is 69.5. The first-order valence-electron chi connectivity index (χ1n) is 19.2. The molecule has 0 aromatic carbocycles. The van der Waals surface area contributed by atoms with Gasteiger partial charge in [0.25, 0.3) is 0 Å². The lowest BCUT2D eigenvalue weighted by Gasteiger charge is -2.37. The van der Waals surface area contributed by atoms with Crippen LogP contribution in [0.4, 0.5) is 0 Å². The van der Waals surface area contributed by atoms with Crippen LogP contribution in [0.25, 0.3) is 0 Å². The molecule has 0 saturated heterocycles. The van der Waals surface area contributed by atoms with Crippen molar-refractivity contribution in [3.8, 4) is 0 Å². The zero-order valence-corrected chi connectivity index (χ0v) is 37.8. The lowest BCUT2D eigenvalue weighted by atomic mass is 9.79. The van der Waals surface area contributed by atoms with Crippen molar-refractivity contribution in [2.24, 2.45) is 21.7 Å². The summed E-state index contributed by atoms with van der Waals surface area (Å²) < 4.78 is 30.8. The largest absolute Gasteiger partial charge is 0.465 e. The Morgan fingerprint density at radius 2 is 0.778 bits per heavy atom. The first-order valence-corrected chi connectivity index (χ1v) is 19.2. The molecule has 0 aromatic rings. The second-order valence-corrected chi connectivity index (χ2v) is 18.5. The van der Waals surface area contributed by atoms with Gasteiger partial charge in [0.15, 0.2) is 13.2 Å². The Morgan fingerprint density at radius 1 is 0.426 bits per heavy atom. The SMILES string of the molecule is CCC(C)(C)C(=O)OCC(=O)OC(C)(C)C.CCC(C)(C)C(=O)OCC(=O)OC(C)(C)C(C)(C)C.CCC(C)(C)OC(=O)CCCOC(=O)C(C)(C)CC. The quantitative estimate of drug-likeness (QED) is 0.0785. The van der Waals surface area contributed by atoms with Crippen molar-refractivity contribution in [2.45, 2.75) is 194 Å². The highest BCUT2D eigenvalue weighted by Crippen LogP contribution is 2.33. The van der Waals surface area contributed by atoms with E-state index >= 15 is 0 Å². The van der Waals surface area contributed by atoms with Gasteiger partial charge in [0.05, 0.1) is 22.9 Å². The van der Waals surface area contributed by atoms with E-state index in [1.54, 1.807) is 48.5 Å². The number of rotatable bonds is 17. The Kier molecular flexibility index (Phi) is 23.5. The average molecular weight is 775 g/mol. The van der Waals surface area contributed by atoms with E-state index in [1.807, 2.05) is 90.0 Å². The summed E-state index contributed by atoms with van der Waals surface area (Å²) in [6.45, 7) is 36.9. The molecule has 0 saturated carbocycles. The molecule has 0 atom stereocenters. The van der Waals surface area contributed by atoms with Crippen molar-refractivity contribution < 1.29 is 57.2 Å². The molecule has 0 aromatic heterocycles. The monoisotopic (exact) mass is 775 g/mol. The molecular formula is C42H78O12. The van der Waals surface area contributed by atoms with Crippen molar-refractivity contribution in [1.82, 2.24) is 0 Å². The molecule has 0 aliphatic carbocycles. The van der Waals surface area contributed by atoms with Crippen LogP contribution in [0.5, 0.6) is 0 Å². The predicted molar refractivity (Wildman–Crippen MR) is 210 cm³/mol. The van der Waals surface area contributed by atoms with Crippen molar-refractivity contribution in [1.29, 1.82) is 0 Å². The lowest BCUT2D eigenvalue weighted by molar-refractivity contribution is -0.178. The minimum atomic E-state index is -0.614. The Labute approximate surface area is 327 Å². The molecule has 0 spiro atoms. The molecule has 0 aliphatic heterocycles. The van der Waals surface area contributed by atoms with Crippen LogP contribution in [0, 0.1) is 21.7 Å². The van der Waals surface area contributed by atoms with E-state index in [1.165, 1.54) is 0 Å². The van der Waals surface area contributed by atoms with Gasteiger partial charge < -0.3 is 28.4 Å². The van der Waals surface area contributed by atoms with E-state index in [9.17, 15) is 28.8 Å². The molecular weight excluding hydrogens is 696 g/mol. The third-order valence-corrected chi connectivity index (χ3v) is 9.55. The first kappa shape index (κ1) is 55.2. The van der Waals surface area contributed by atoms with Crippen LogP contribution in [0.1, 0.15) is 177 Å². The Balaban J connectivity index is -0.000000726. The highest BCUT2D eigenvalue weighted by atomic mass is 16.6. The molecule has 0 fully saturated rings. The van der Waals surface area contributed by atoms with Gasteiger partial charge in [-0.25, -0.2) is 9.59 Å². The number of hydrogen-bond donors (Lipinski definition) is 0. The molecule has 12 heteroatoms. The van der Waals surface area contributed by atoms with Crippen molar-refractivity contribution in [2.75, 3.05) is 19.8 Å². The molecule has 0 rings (SSSR count). The number of carbonyl (C=O) groups excluding carboxylic acids is 6. The second kappa shape index (κ2) is 23.0. The van der Waals surface area contributed by atoms with Crippen LogP contribution in [-0.2, 0) is 57.2 Å². The normalized spacial score (nSPS) is 12.4. The van der Waals surface area contributed by atoms with Crippen LogP contribution in [0.2, 0.25) is 0 Å². The molecule has 0 aliphatic rings. The van der Waals surface area contributed by atoms with Gasteiger partial charge in [0.2, 0.25) is 0 Å². The third kappa shape index (κ3) is 24.3. The summed E-state index contributed by atoms with van der Waals surface area (Å²) >= 11 is 0. The summed E-state index contributed by atoms with van der Waals surface area (Å²) in [6, 6.07) is 0. The first-order chi connectivity index (χ1) is 24.1. The van der Waals surface area contributed by atoms with E-state index in [0.29, 0.717) is 19.3 Å². The summed E-state index contributed by atoms with van der Waals surface area (Å²) in [7, 11) is 0. The van der Waals surface area contributed by atoms with Crippen molar-refractivity contribution in [3.05, 3.63) is 0 Å². The molecule has 0 N–H and O–H groups in total. The number of esters is 6. The lowest BCUT2D eigenvalue weighted by Crippen LogP contribution is -2.42. The smallest absolute Gasteiger partial charge is 0.344 e. The van der Waals surface area contributed by atoms with Crippen LogP contribution in [-0.4, -0.2) is 72.4 Å². The highest BCUT2D eigenvalue weighted by Gasteiger charge is 2.37. The summed E-state index contributed by atoms with van der Waals surface area (Å²) in [5, 5.41) is 0.